The molecule has 0 unspecified atom stereocenters. The zero-order valence-electron chi connectivity index (χ0n) is 8.01. The second kappa shape index (κ2) is 3.11. The highest BCUT2D eigenvalue weighted by molar-refractivity contribution is 7.89. The summed E-state index contributed by atoms with van der Waals surface area (Å²) in [6, 6.07) is 8.90. The second-order valence-electron chi connectivity index (χ2n) is 3.23. The van der Waals surface area contributed by atoms with Crippen molar-refractivity contribution in [1.29, 1.82) is 5.26 Å². The molecule has 2 rings (SSSR count). The van der Waals surface area contributed by atoms with Crippen LogP contribution in [0.1, 0.15) is 5.56 Å². The van der Waals surface area contributed by atoms with Gasteiger partial charge in [-0.25, -0.2) is 12.4 Å². The Bertz CT molecular complexity index is 662. The van der Waals surface area contributed by atoms with Crippen molar-refractivity contribution < 1.29 is 8.42 Å². The van der Waals surface area contributed by atoms with Gasteiger partial charge in [0.05, 0.1) is 17.3 Å². The monoisotopic (exact) mass is 220 g/mol. The van der Waals surface area contributed by atoms with Crippen LogP contribution in [0, 0.1) is 11.3 Å². The molecule has 0 bridgehead atoms. The van der Waals surface area contributed by atoms with Crippen LogP contribution in [-0.4, -0.2) is 18.6 Å². The molecule has 0 aliphatic heterocycles. The SMILES string of the molecule is CS(=O)(=O)n1cc(C#N)c2ccccc21. The topological polar surface area (TPSA) is 62.9 Å². The van der Waals surface area contributed by atoms with Gasteiger partial charge in [-0.15, -0.1) is 0 Å². The van der Waals surface area contributed by atoms with Crippen molar-refractivity contribution in [2.75, 3.05) is 6.26 Å². The van der Waals surface area contributed by atoms with Crippen LogP contribution in [-0.2, 0) is 10.0 Å². The minimum absolute atomic E-state index is 0.371. The van der Waals surface area contributed by atoms with Gasteiger partial charge >= 0.3 is 0 Å². The molecule has 0 amide bonds. The lowest BCUT2D eigenvalue weighted by Crippen LogP contribution is -2.07. The molecule has 2 aromatic rings. The first-order valence-corrected chi connectivity index (χ1v) is 6.09. The van der Waals surface area contributed by atoms with Gasteiger partial charge in [0.15, 0.2) is 0 Å². The minimum atomic E-state index is -3.35. The number of hydrogen-bond acceptors (Lipinski definition) is 3. The van der Waals surface area contributed by atoms with E-state index in [9.17, 15) is 8.42 Å². The smallest absolute Gasteiger partial charge is 0.236 e. The quantitative estimate of drug-likeness (QED) is 0.728. The van der Waals surface area contributed by atoms with Crippen molar-refractivity contribution in [1.82, 2.24) is 3.97 Å². The van der Waals surface area contributed by atoms with Crippen LogP contribution < -0.4 is 0 Å². The zero-order chi connectivity index (χ0) is 11.1. The van der Waals surface area contributed by atoms with E-state index in [1.165, 1.54) is 6.20 Å². The van der Waals surface area contributed by atoms with Crippen molar-refractivity contribution in [2.45, 2.75) is 0 Å². The highest BCUT2D eigenvalue weighted by Gasteiger charge is 2.13. The molecule has 0 saturated heterocycles. The van der Waals surface area contributed by atoms with Crippen LogP contribution in [0.4, 0.5) is 0 Å². The summed E-state index contributed by atoms with van der Waals surface area (Å²) in [6.07, 6.45) is 2.46. The van der Waals surface area contributed by atoms with Gasteiger partial charge in [-0.2, -0.15) is 5.26 Å². The summed E-state index contributed by atoms with van der Waals surface area (Å²) in [6.45, 7) is 0. The van der Waals surface area contributed by atoms with Gasteiger partial charge < -0.3 is 0 Å². The Morgan fingerprint density at radius 1 is 1.33 bits per heavy atom. The maximum Gasteiger partial charge on any atom is 0.236 e. The van der Waals surface area contributed by atoms with Crippen LogP contribution in [0.3, 0.4) is 0 Å². The third-order valence-electron chi connectivity index (χ3n) is 2.16. The van der Waals surface area contributed by atoms with E-state index in [0.717, 1.165) is 10.2 Å². The van der Waals surface area contributed by atoms with Crippen molar-refractivity contribution in [3.05, 3.63) is 36.0 Å². The van der Waals surface area contributed by atoms with Crippen LogP contribution in [0.15, 0.2) is 30.5 Å². The van der Waals surface area contributed by atoms with E-state index in [2.05, 4.69) is 0 Å². The number of fused-ring (bicyclic) bond motifs is 1. The van der Waals surface area contributed by atoms with E-state index in [0.29, 0.717) is 16.5 Å². The van der Waals surface area contributed by atoms with Crippen LogP contribution in [0.25, 0.3) is 10.9 Å². The number of nitrogens with zero attached hydrogens (tertiary/aromatic N) is 2. The maximum absolute atomic E-state index is 11.4. The number of benzene rings is 1. The van der Waals surface area contributed by atoms with E-state index >= 15 is 0 Å². The molecule has 0 atom stereocenters. The van der Waals surface area contributed by atoms with E-state index in [-0.39, 0.29) is 0 Å². The maximum atomic E-state index is 11.4. The third kappa shape index (κ3) is 1.49. The Labute approximate surface area is 87.4 Å². The van der Waals surface area contributed by atoms with E-state index in [1.807, 2.05) is 6.07 Å². The molecule has 1 aromatic heterocycles. The number of nitriles is 1. The Morgan fingerprint density at radius 3 is 2.60 bits per heavy atom. The predicted octanol–water partition coefficient (Wildman–Crippen LogP) is 1.32. The van der Waals surface area contributed by atoms with Crippen molar-refractivity contribution >= 4 is 20.9 Å². The van der Waals surface area contributed by atoms with Gasteiger partial charge in [0.25, 0.3) is 0 Å². The molecule has 1 aromatic carbocycles. The fourth-order valence-electron chi connectivity index (χ4n) is 1.51. The Balaban J connectivity index is 2.96. The molecule has 5 heteroatoms. The molecule has 76 valence electrons. The summed E-state index contributed by atoms with van der Waals surface area (Å²) in [5.74, 6) is 0. The summed E-state index contributed by atoms with van der Waals surface area (Å²) in [5, 5.41) is 9.51. The number of para-hydroxylation sites is 1. The molecule has 0 N–H and O–H groups in total. The largest absolute Gasteiger partial charge is 0.244 e. The standard InChI is InChI=1S/C10H8N2O2S/c1-15(13,14)12-7-8(6-11)9-4-2-3-5-10(9)12/h2-5,7H,1H3. The number of aromatic nitrogens is 1. The third-order valence-corrected chi connectivity index (χ3v) is 3.17. The molecule has 15 heavy (non-hydrogen) atoms. The second-order valence-corrected chi connectivity index (χ2v) is 5.09. The first-order chi connectivity index (χ1) is 7.04. The van der Waals surface area contributed by atoms with Crippen LogP contribution in [0.2, 0.25) is 0 Å². The van der Waals surface area contributed by atoms with Crippen molar-refractivity contribution in [3.8, 4) is 6.07 Å². The van der Waals surface area contributed by atoms with Crippen LogP contribution >= 0.6 is 0 Å². The molecular weight excluding hydrogens is 212 g/mol. The highest BCUT2D eigenvalue weighted by atomic mass is 32.2. The molecule has 0 aliphatic rings. The van der Waals surface area contributed by atoms with Gasteiger partial charge in [0, 0.05) is 11.6 Å². The normalized spacial score (nSPS) is 11.5. The molecule has 0 aliphatic carbocycles. The van der Waals surface area contributed by atoms with Gasteiger partial charge in [-0.3, -0.25) is 0 Å². The summed E-state index contributed by atoms with van der Waals surface area (Å²) >= 11 is 0. The minimum Gasteiger partial charge on any atom is -0.244 e. The van der Waals surface area contributed by atoms with E-state index in [4.69, 9.17) is 5.26 Å². The number of rotatable bonds is 1. The van der Waals surface area contributed by atoms with Gasteiger partial charge in [0.1, 0.15) is 6.07 Å². The Kier molecular flexibility index (Phi) is 2.02. The summed E-state index contributed by atoms with van der Waals surface area (Å²) in [5.41, 5.74) is 0.910. The van der Waals surface area contributed by atoms with Gasteiger partial charge in [0.2, 0.25) is 10.0 Å². The summed E-state index contributed by atoms with van der Waals surface area (Å²) in [7, 11) is -3.35. The van der Waals surface area contributed by atoms with Crippen molar-refractivity contribution in [2.24, 2.45) is 0 Å². The molecular formula is C10H8N2O2S. The van der Waals surface area contributed by atoms with Gasteiger partial charge in [-0.1, -0.05) is 18.2 Å². The molecule has 0 saturated carbocycles. The molecule has 1 heterocycles. The highest BCUT2D eigenvalue weighted by Crippen LogP contribution is 2.21. The lowest BCUT2D eigenvalue weighted by molar-refractivity contribution is 0.595. The Morgan fingerprint density at radius 2 is 2.00 bits per heavy atom. The lowest BCUT2D eigenvalue weighted by Gasteiger charge is -2.00. The van der Waals surface area contributed by atoms with Crippen molar-refractivity contribution in [3.63, 3.8) is 0 Å². The fraction of sp³-hybridized carbons (Fsp3) is 0.100. The van der Waals surface area contributed by atoms with Crippen LogP contribution in [0.5, 0.6) is 0 Å². The first-order valence-electron chi connectivity index (χ1n) is 4.25. The predicted molar refractivity (Wildman–Crippen MR) is 56.9 cm³/mol. The van der Waals surface area contributed by atoms with E-state index in [1.54, 1.807) is 24.3 Å². The molecule has 0 radical (unpaired) electrons. The molecule has 0 fully saturated rings. The lowest BCUT2D eigenvalue weighted by atomic mass is 10.2. The average molecular weight is 220 g/mol. The zero-order valence-corrected chi connectivity index (χ0v) is 8.82. The van der Waals surface area contributed by atoms with E-state index < -0.39 is 10.0 Å². The molecule has 4 nitrogen and oxygen atoms in total. The first kappa shape index (κ1) is 9.74. The fourth-order valence-corrected chi connectivity index (χ4v) is 2.33. The molecule has 0 spiro atoms. The Hall–Kier alpha value is -1.80. The average Bonchev–Trinajstić information content (AvgIpc) is 2.55. The van der Waals surface area contributed by atoms with Gasteiger partial charge in [-0.05, 0) is 6.07 Å². The summed E-state index contributed by atoms with van der Waals surface area (Å²) in [4.78, 5) is 0. The number of hydrogen-bond donors (Lipinski definition) is 0. The summed E-state index contributed by atoms with van der Waals surface area (Å²) < 4.78 is 24.0.